The highest BCUT2D eigenvalue weighted by atomic mass is 35.5. The maximum Gasteiger partial charge on any atom is 0.243 e. The molecule has 2 fully saturated rings. The third-order valence-corrected chi connectivity index (χ3v) is 7.35. The van der Waals surface area contributed by atoms with Crippen molar-refractivity contribution in [1.82, 2.24) is 9.21 Å². The second kappa shape index (κ2) is 8.71. The van der Waals surface area contributed by atoms with Crippen LogP contribution >= 0.6 is 12.4 Å². The second-order valence-electron chi connectivity index (χ2n) is 7.22. The van der Waals surface area contributed by atoms with E-state index in [1.54, 1.807) is 16.4 Å². The average molecular weight is 389 g/mol. The lowest BCUT2D eigenvalue weighted by Gasteiger charge is -2.32. The lowest BCUT2D eigenvalue weighted by Crippen LogP contribution is -2.40. The number of benzene rings is 1. The first-order valence-corrected chi connectivity index (χ1v) is 10.4. The molecule has 0 spiro atoms. The Morgan fingerprint density at radius 1 is 1.16 bits per heavy atom. The van der Waals surface area contributed by atoms with Crippen molar-refractivity contribution in [3.05, 3.63) is 24.3 Å². The summed E-state index contributed by atoms with van der Waals surface area (Å²) in [7, 11) is -3.52. The molecule has 0 amide bonds. The van der Waals surface area contributed by atoms with Gasteiger partial charge in [0.1, 0.15) is 5.75 Å². The third-order valence-electron chi connectivity index (χ3n) is 5.40. The number of sulfonamides is 1. The molecule has 0 bridgehead atoms. The monoisotopic (exact) mass is 388 g/mol. The molecule has 0 aliphatic carbocycles. The summed E-state index contributed by atoms with van der Waals surface area (Å²) in [6.07, 6.45) is 5.24. The van der Waals surface area contributed by atoms with Crippen LogP contribution in [0.1, 0.15) is 39.0 Å². The minimum absolute atomic E-state index is 0. The number of halogens is 1. The van der Waals surface area contributed by atoms with Gasteiger partial charge in [0.05, 0.1) is 4.90 Å². The van der Waals surface area contributed by atoms with Crippen molar-refractivity contribution >= 4 is 22.4 Å². The molecule has 0 aromatic heterocycles. The normalized spacial score (nSPS) is 23.5. The van der Waals surface area contributed by atoms with Gasteiger partial charge in [-0.25, -0.2) is 8.42 Å². The third kappa shape index (κ3) is 4.88. The Bertz CT molecular complexity index is 660. The van der Waals surface area contributed by atoms with Crippen molar-refractivity contribution in [2.45, 2.75) is 50.0 Å². The van der Waals surface area contributed by atoms with Gasteiger partial charge in [-0.05, 0) is 75.9 Å². The molecule has 142 valence electrons. The van der Waals surface area contributed by atoms with E-state index >= 15 is 0 Å². The van der Waals surface area contributed by atoms with Crippen molar-refractivity contribution in [2.75, 3.05) is 26.2 Å². The summed E-state index contributed by atoms with van der Waals surface area (Å²) >= 11 is 0. The molecule has 1 atom stereocenters. The SMILES string of the molecule is CC1CCN(CC[C@@H]2CCCN2S(=O)(=O)c2cccc(O)c2)CC1.Cl. The number of aromatic hydroxyl groups is 1. The molecule has 0 unspecified atom stereocenters. The first kappa shape index (κ1) is 20.5. The van der Waals surface area contributed by atoms with E-state index in [1.807, 2.05) is 0 Å². The molecule has 7 heteroatoms. The molecule has 2 aliphatic rings. The number of hydrogen-bond donors (Lipinski definition) is 1. The minimum Gasteiger partial charge on any atom is -0.508 e. The number of rotatable bonds is 5. The van der Waals surface area contributed by atoms with Crippen LogP contribution < -0.4 is 0 Å². The Morgan fingerprint density at radius 2 is 1.88 bits per heavy atom. The molecule has 2 saturated heterocycles. The largest absolute Gasteiger partial charge is 0.508 e. The quantitative estimate of drug-likeness (QED) is 0.841. The molecule has 2 heterocycles. The van der Waals surface area contributed by atoms with Crippen LogP contribution in [0.2, 0.25) is 0 Å². The number of hydrogen-bond acceptors (Lipinski definition) is 4. The zero-order valence-corrected chi connectivity index (χ0v) is 16.4. The lowest BCUT2D eigenvalue weighted by atomic mass is 9.99. The van der Waals surface area contributed by atoms with Crippen molar-refractivity contribution in [3.63, 3.8) is 0 Å². The minimum atomic E-state index is -3.52. The van der Waals surface area contributed by atoms with E-state index in [-0.39, 0.29) is 29.1 Å². The van der Waals surface area contributed by atoms with E-state index < -0.39 is 10.0 Å². The van der Waals surface area contributed by atoms with Gasteiger partial charge in [-0.2, -0.15) is 4.31 Å². The van der Waals surface area contributed by atoms with Crippen LogP contribution in [0.3, 0.4) is 0 Å². The molecule has 25 heavy (non-hydrogen) atoms. The van der Waals surface area contributed by atoms with E-state index in [0.29, 0.717) is 6.54 Å². The van der Waals surface area contributed by atoms with Gasteiger partial charge in [-0.15, -0.1) is 12.4 Å². The van der Waals surface area contributed by atoms with Gasteiger partial charge >= 0.3 is 0 Å². The highest BCUT2D eigenvalue weighted by Crippen LogP contribution is 2.29. The van der Waals surface area contributed by atoms with E-state index in [9.17, 15) is 13.5 Å². The van der Waals surface area contributed by atoms with Gasteiger partial charge in [-0.1, -0.05) is 13.0 Å². The average Bonchev–Trinajstić information content (AvgIpc) is 3.04. The summed E-state index contributed by atoms with van der Waals surface area (Å²) in [4.78, 5) is 2.67. The van der Waals surface area contributed by atoms with Crippen LogP contribution in [0.5, 0.6) is 5.75 Å². The summed E-state index contributed by atoms with van der Waals surface area (Å²) < 4.78 is 27.4. The second-order valence-corrected chi connectivity index (χ2v) is 9.11. The Balaban J connectivity index is 0.00000225. The molecule has 1 aromatic carbocycles. The molecule has 1 N–H and O–H groups in total. The summed E-state index contributed by atoms with van der Waals surface area (Å²) in [5.74, 6) is 0.810. The van der Waals surface area contributed by atoms with Gasteiger partial charge in [0.2, 0.25) is 10.0 Å². The molecule has 5 nitrogen and oxygen atoms in total. The van der Waals surface area contributed by atoms with Gasteiger partial charge in [0.25, 0.3) is 0 Å². The predicted octanol–water partition coefficient (Wildman–Crippen LogP) is 3.09. The van der Waals surface area contributed by atoms with E-state index in [4.69, 9.17) is 0 Å². The van der Waals surface area contributed by atoms with Gasteiger partial charge in [0, 0.05) is 12.6 Å². The molecular formula is C18H29ClN2O3S. The summed E-state index contributed by atoms with van der Waals surface area (Å²) in [6.45, 7) is 6.13. The van der Waals surface area contributed by atoms with Crippen LogP contribution in [0.4, 0.5) is 0 Å². The van der Waals surface area contributed by atoms with Gasteiger partial charge < -0.3 is 10.0 Å². The van der Waals surface area contributed by atoms with E-state index in [1.165, 1.54) is 25.0 Å². The zero-order valence-electron chi connectivity index (χ0n) is 14.8. The fraction of sp³-hybridized carbons (Fsp3) is 0.667. The lowest BCUT2D eigenvalue weighted by molar-refractivity contribution is 0.179. The number of phenols is 1. The Kier molecular flexibility index (Phi) is 7.14. The predicted molar refractivity (Wildman–Crippen MR) is 102 cm³/mol. The van der Waals surface area contributed by atoms with E-state index in [0.717, 1.165) is 44.8 Å². The van der Waals surface area contributed by atoms with Gasteiger partial charge in [0.15, 0.2) is 0 Å². The first-order chi connectivity index (χ1) is 11.5. The zero-order chi connectivity index (χ0) is 17.2. The molecular weight excluding hydrogens is 360 g/mol. The molecule has 0 saturated carbocycles. The smallest absolute Gasteiger partial charge is 0.243 e. The van der Waals surface area contributed by atoms with Crippen molar-refractivity contribution in [3.8, 4) is 5.75 Å². The topological polar surface area (TPSA) is 60.9 Å². The van der Waals surface area contributed by atoms with Gasteiger partial charge in [-0.3, -0.25) is 0 Å². The maximum absolute atomic E-state index is 12.9. The standard InChI is InChI=1S/C18H28N2O3S.ClH/c1-15-7-11-19(12-8-15)13-9-16-4-3-10-20(16)24(22,23)18-6-2-5-17(21)14-18;/h2,5-6,14-16,21H,3-4,7-13H2,1H3;1H/t16-;/m0./s1. The fourth-order valence-corrected chi connectivity index (χ4v) is 5.57. The maximum atomic E-state index is 12.9. The van der Waals surface area contributed by atoms with Crippen molar-refractivity contribution in [1.29, 1.82) is 0 Å². The molecule has 1 aromatic rings. The first-order valence-electron chi connectivity index (χ1n) is 9.00. The van der Waals surface area contributed by atoms with Crippen LogP contribution in [0.15, 0.2) is 29.2 Å². The number of piperidine rings is 1. The Labute approximate surface area is 157 Å². The molecule has 2 aliphatic heterocycles. The summed E-state index contributed by atoms with van der Waals surface area (Å²) in [5.41, 5.74) is 0. The summed E-state index contributed by atoms with van der Waals surface area (Å²) in [6, 6.07) is 6.07. The highest BCUT2D eigenvalue weighted by Gasteiger charge is 2.35. The van der Waals surface area contributed by atoms with Crippen LogP contribution in [0.25, 0.3) is 0 Å². The van der Waals surface area contributed by atoms with E-state index in [2.05, 4.69) is 11.8 Å². The fourth-order valence-electron chi connectivity index (χ4n) is 3.81. The van der Waals surface area contributed by atoms with Crippen LogP contribution in [-0.2, 0) is 10.0 Å². The summed E-state index contributed by atoms with van der Waals surface area (Å²) in [5, 5.41) is 9.59. The molecule has 3 rings (SSSR count). The number of phenolic OH excluding ortho intramolecular Hbond substituents is 1. The van der Waals surface area contributed by atoms with Crippen molar-refractivity contribution < 1.29 is 13.5 Å². The molecule has 0 radical (unpaired) electrons. The highest BCUT2D eigenvalue weighted by molar-refractivity contribution is 7.89. The van der Waals surface area contributed by atoms with Crippen molar-refractivity contribution in [2.24, 2.45) is 5.92 Å². The number of nitrogens with zero attached hydrogens (tertiary/aromatic N) is 2. The van der Waals surface area contributed by atoms with Crippen LogP contribution in [-0.4, -0.2) is 55.0 Å². The Hall–Kier alpha value is -0.820. The Morgan fingerprint density at radius 3 is 2.56 bits per heavy atom. The number of likely N-dealkylation sites (tertiary alicyclic amines) is 1. The van der Waals surface area contributed by atoms with Crippen LogP contribution in [0, 0.1) is 5.92 Å².